The Hall–Kier alpha value is -1.28. The fraction of sp³-hybridized carbons (Fsp3) is 0.0833. The summed E-state index contributed by atoms with van der Waals surface area (Å²) in [6.45, 7) is 0. The van der Waals surface area contributed by atoms with Crippen LogP contribution in [0.4, 0.5) is 5.69 Å². The zero-order valence-electron chi connectivity index (χ0n) is 10.3. The van der Waals surface area contributed by atoms with Crippen molar-refractivity contribution in [1.82, 2.24) is 0 Å². The number of hydrogen-bond donors (Lipinski definition) is 2. The highest BCUT2D eigenvalue weighted by atomic mass is 35.5. The summed E-state index contributed by atoms with van der Waals surface area (Å²) in [6.07, 6.45) is -0.229. The molecule has 0 amide bonds. The van der Waals surface area contributed by atoms with Crippen LogP contribution < -0.4 is 4.72 Å². The molecule has 1 heterocycles. The van der Waals surface area contributed by atoms with Gasteiger partial charge in [-0.2, -0.15) is 0 Å². The number of para-hydroxylation sites is 1. The first kappa shape index (κ1) is 16.1. The lowest BCUT2D eigenvalue weighted by molar-refractivity contribution is -0.136. The maximum absolute atomic E-state index is 12.2. The molecule has 1 aromatic heterocycles. The second kappa shape index (κ2) is 6.23. The first-order valence-corrected chi connectivity index (χ1v) is 8.62. The fourth-order valence-electron chi connectivity index (χ4n) is 1.53. The number of nitrogens with one attached hydrogen (secondary N) is 1. The molecule has 2 N–H and O–H groups in total. The molecule has 0 saturated carbocycles. The van der Waals surface area contributed by atoms with Crippen molar-refractivity contribution in [3.8, 4) is 0 Å². The second-order valence-electron chi connectivity index (χ2n) is 3.99. The van der Waals surface area contributed by atoms with Crippen LogP contribution in [0, 0.1) is 0 Å². The lowest BCUT2D eigenvalue weighted by Crippen LogP contribution is -2.12. The van der Waals surface area contributed by atoms with Crippen LogP contribution in [0.5, 0.6) is 0 Å². The number of sulfonamides is 1. The number of anilines is 1. The van der Waals surface area contributed by atoms with Gasteiger partial charge in [-0.25, -0.2) is 8.42 Å². The summed E-state index contributed by atoms with van der Waals surface area (Å²) < 4.78 is 26.8. The van der Waals surface area contributed by atoms with Crippen LogP contribution in [0.1, 0.15) is 4.88 Å². The quantitative estimate of drug-likeness (QED) is 0.849. The van der Waals surface area contributed by atoms with Gasteiger partial charge in [0.1, 0.15) is 4.21 Å². The molecule has 0 unspecified atom stereocenters. The molecular weight excluding hydrogens is 357 g/mol. The van der Waals surface area contributed by atoms with Crippen LogP contribution in [0.25, 0.3) is 0 Å². The van der Waals surface area contributed by atoms with E-state index in [0.717, 1.165) is 11.3 Å². The van der Waals surface area contributed by atoms with Gasteiger partial charge < -0.3 is 5.11 Å². The molecule has 0 fully saturated rings. The average molecular weight is 366 g/mol. The van der Waals surface area contributed by atoms with E-state index >= 15 is 0 Å². The van der Waals surface area contributed by atoms with Gasteiger partial charge in [-0.15, -0.1) is 11.3 Å². The number of carboxylic acids is 1. The largest absolute Gasteiger partial charge is 0.481 e. The van der Waals surface area contributed by atoms with E-state index < -0.39 is 16.0 Å². The third kappa shape index (κ3) is 3.88. The van der Waals surface area contributed by atoms with E-state index in [-0.39, 0.29) is 26.4 Å². The molecule has 0 aliphatic carbocycles. The average Bonchev–Trinajstić information content (AvgIpc) is 2.82. The molecule has 1 aromatic carbocycles. The standard InChI is InChI=1S/C12H9Cl2NO4S2/c13-8-2-1-3-9(14)12(8)15-21(18,19)11-5-4-7(20-11)6-10(16)17/h1-5,15H,6H2,(H,16,17). The number of carbonyl (C=O) groups is 1. The highest BCUT2D eigenvalue weighted by Crippen LogP contribution is 2.33. The summed E-state index contributed by atoms with van der Waals surface area (Å²) in [6, 6.07) is 7.42. The van der Waals surface area contributed by atoms with Gasteiger partial charge in [-0.1, -0.05) is 29.3 Å². The normalized spacial score (nSPS) is 11.3. The summed E-state index contributed by atoms with van der Waals surface area (Å²) in [5.74, 6) is -1.03. The van der Waals surface area contributed by atoms with Gasteiger partial charge in [0, 0.05) is 4.88 Å². The fourth-order valence-corrected chi connectivity index (χ4v) is 4.58. The summed E-state index contributed by atoms with van der Waals surface area (Å²) >= 11 is 12.7. The highest BCUT2D eigenvalue weighted by Gasteiger charge is 2.20. The maximum Gasteiger partial charge on any atom is 0.308 e. The van der Waals surface area contributed by atoms with Crippen LogP contribution in [0.3, 0.4) is 0 Å². The Morgan fingerprint density at radius 2 is 1.81 bits per heavy atom. The molecule has 0 atom stereocenters. The van der Waals surface area contributed by atoms with E-state index in [2.05, 4.69) is 4.72 Å². The van der Waals surface area contributed by atoms with Crippen LogP contribution in [-0.2, 0) is 21.2 Å². The van der Waals surface area contributed by atoms with E-state index in [9.17, 15) is 13.2 Å². The Kier molecular flexibility index (Phi) is 4.77. The number of aliphatic carboxylic acids is 1. The van der Waals surface area contributed by atoms with Gasteiger partial charge in [0.2, 0.25) is 0 Å². The Morgan fingerprint density at radius 3 is 2.38 bits per heavy atom. The third-order valence-corrected chi connectivity index (χ3v) is 5.98. The van der Waals surface area contributed by atoms with Gasteiger partial charge in [0.15, 0.2) is 0 Å². The third-order valence-electron chi connectivity index (χ3n) is 2.43. The predicted molar refractivity (Wildman–Crippen MR) is 82.9 cm³/mol. The van der Waals surface area contributed by atoms with Crippen molar-refractivity contribution in [2.75, 3.05) is 4.72 Å². The monoisotopic (exact) mass is 365 g/mol. The first-order valence-electron chi connectivity index (χ1n) is 5.57. The smallest absolute Gasteiger partial charge is 0.308 e. The number of benzene rings is 1. The molecule has 21 heavy (non-hydrogen) atoms. The van der Waals surface area contributed by atoms with Crippen LogP contribution in [-0.4, -0.2) is 19.5 Å². The van der Waals surface area contributed by atoms with Crippen molar-refractivity contribution in [2.45, 2.75) is 10.6 Å². The number of halogens is 2. The minimum atomic E-state index is -3.87. The number of carboxylic acid groups (broad SMARTS) is 1. The molecule has 0 aliphatic rings. The summed E-state index contributed by atoms with van der Waals surface area (Å²) in [4.78, 5) is 11.1. The Labute approximate surface area is 135 Å². The van der Waals surface area contributed by atoms with Gasteiger partial charge in [-0.3, -0.25) is 9.52 Å². The maximum atomic E-state index is 12.2. The number of thiophene rings is 1. The van der Waals surface area contributed by atoms with Crippen molar-refractivity contribution in [2.24, 2.45) is 0 Å². The van der Waals surface area contributed by atoms with Crippen LogP contribution in [0.2, 0.25) is 10.0 Å². The van der Waals surface area contributed by atoms with E-state index in [0.29, 0.717) is 4.88 Å². The number of hydrogen-bond acceptors (Lipinski definition) is 4. The first-order chi connectivity index (χ1) is 9.79. The summed E-state index contributed by atoms with van der Waals surface area (Å²) in [5.41, 5.74) is 0.0917. The topological polar surface area (TPSA) is 83.5 Å². The van der Waals surface area contributed by atoms with Crippen molar-refractivity contribution >= 4 is 56.2 Å². The van der Waals surface area contributed by atoms with Gasteiger partial charge in [-0.05, 0) is 24.3 Å². The molecule has 9 heteroatoms. The molecule has 2 aromatic rings. The van der Waals surface area contributed by atoms with Crippen molar-refractivity contribution in [3.05, 3.63) is 45.3 Å². The summed E-state index contributed by atoms with van der Waals surface area (Å²) in [5, 5.41) is 9.04. The van der Waals surface area contributed by atoms with Crippen molar-refractivity contribution in [3.63, 3.8) is 0 Å². The lowest BCUT2D eigenvalue weighted by Gasteiger charge is -2.09. The second-order valence-corrected chi connectivity index (χ2v) is 7.89. The predicted octanol–water partition coefficient (Wildman–Crippen LogP) is 3.48. The van der Waals surface area contributed by atoms with Crippen LogP contribution >= 0.6 is 34.5 Å². The van der Waals surface area contributed by atoms with Crippen molar-refractivity contribution < 1.29 is 18.3 Å². The summed E-state index contributed by atoms with van der Waals surface area (Å²) in [7, 11) is -3.87. The van der Waals surface area contributed by atoms with Crippen LogP contribution in [0.15, 0.2) is 34.5 Å². The minimum Gasteiger partial charge on any atom is -0.481 e. The van der Waals surface area contributed by atoms with E-state index in [1.807, 2.05) is 0 Å². The Balaban J connectivity index is 2.30. The van der Waals surface area contributed by atoms with Gasteiger partial charge in [0.05, 0.1) is 22.2 Å². The SMILES string of the molecule is O=C(O)Cc1ccc(S(=O)(=O)Nc2c(Cl)cccc2Cl)s1. The lowest BCUT2D eigenvalue weighted by atomic mass is 10.3. The molecule has 2 rings (SSSR count). The van der Waals surface area contributed by atoms with E-state index in [1.165, 1.54) is 24.3 Å². The molecular formula is C12H9Cl2NO4S2. The molecule has 112 valence electrons. The molecule has 0 saturated heterocycles. The Bertz CT molecular complexity index is 766. The van der Waals surface area contributed by atoms with Gasteiger partial charge in [0.25, 0.3) is 10.0 Å². The van der Waals surface area contributed by atoms with E-state index in [4.69, 9.17) is 28.3 Å². The molecule has 0 radical (unpaired) electrons. The number of rotatable bonds is 5. The molecule has 0 spiro atoms. The van der Waals surface area contributed by atoms with Crippen molar-refractivity contribution in [1.29, 1.82) is 0 Å². The zero-order chi connectivity index (χ0) is 15.6. The van der Waals surface area contributed by atoms with E-state index in [1.54, 1.807) is 6.07 Å². The van der Waals surface area contributed by atoms with Gasteiger partial charge >= 0.3 is 5.97 Å². The molecule has 0 bridgehead atoms. The zero-order valence-corrected chi connectivity index (χ0v) is 13.5. The minimum absolute atomic E-state index is 0.00487. The highest BCUT2D eigenvalue weighted by molar-refractivity contribution is 7.94. The Morgan fingerprint density at radius 1 is 1.19 bits per heavy atom. The molecule has 0 aliphatic heterocycles. The molecule has 5 nitrogen and oxygen atoms in total.